The molecule has 2 fully saturated rings. The molecule has 1 aromatic carbocycles. The van der Waals surface area contributed by atoms with Crippen LogP contribution in [0.25, 0.3) is 0 Å². The van der Waals surface area contributed by atoms with Crippen molar-refractivity contribution >= 4 is 22.2 Å². The number of aryl methyl sites for hydroxylation is 1. The third kappa shape index (κ3) is 3.82. The van der Waals surface area contributed by atoms with E-state index in [0.717, 1.165) is 26.2 Å². The van der Waals surface area contributed by atoms with Crippen molar-refractivity contribution in [3.05, 3.63) is 40.9 Å². The summed E-state index contributed by atoms with van der Waals surface area (Å²) < 4.78 is 0. The van der Waals surface area contributed by atoms with Gasteiger partial charge in [-0.3, -0.25) is 4.90 Å². The van der Waals surface area contributed by atoms with Crippen LogP contribution in [0.15, 0.2) is 30.5 Å². The average molecular weight is 357 g/mol. The van der Waals surface area contributed by atoms with Gasteiger partial charge in [-0.25, -0.2) is 4.98 Å². The number of rotatable bonds is 4. The van der Waals surface area contributed by atoms with Gasteiger partial charge in [-0.1, -0.05) is 17.7 Å². The molecule has 2 aliphatic heterocycles. The van der Waals surface area contributed by atoms with Crippen molar-refractivity contribution in [3.63, 3.8) is 0 Å². The normalized spacial score (nSPS) is 21.9. The first-order valence-electron chi connectivity index (χ1n) is 9.44. The molecule has 1 aromatic heterocycles. The Balaban J connectivity index is 1.36. The fourth-order valence-electron chi connectivity index (χ4n) is 3.85. The van der Waals surface area contributed by atoms with Crippen LogP contribution in [0.4, 0.5) is 10.8 Å². The van der Waals surface area contributed by atoms with E-state index in [1.54, 1.807) is 0 Å². The van der Waals surface area contributed by atoms with Crippen LogP contribution in [0.3, 0.4) is 0 Å². The van der Waals surface area contributed by atoms with Gasteiger partial charge in [0.1, 0.15) is 0 Å². The highest BCUT2D eigenvalue weighted by molar-refractivity contribution is 7.15. The van der Waals surface area contributed by atoms with Gasteiger partial charge in [0.15, 0.2) is 5.13 Å². The highest BCUT2D eigenvalue weighted by Crippen LogP contribution is 2.28. The van der Waals surface area contributed by atoms with E-state index in [9.17, 15) is 0 Å². The first-order valence-corrected chi connectivity index (χ1v) is 10.3. The molecule has 0 N–H and O–H groups in total. The zero-order chi connectivity index (χ0) is 17.2. The Morgan fingerprint density at radius 2 is 1.80 bits per heavy atom. The van der Waals surface area contributed by atoms with Gasteiger partial charge < -0.3 is 9.80 Å². The maximum atomic E-state index is 4.67. The summed E-state index contributed by atoms with van der Waals surface area (Å²) in [5.74, 6) is 0. The second-order valence-corrected chi connectivity index (χ2v) is 8.50. The summed E-state index contributed by atoms with van der Waals surface area (Å²) in [5, 5.41) is 1.22. The Morgan fingerprint density at radius 3 is 2.52 bits per heavy atom. The zero-order valence-electron chi connectivity index (χ0n) is 15.3. The molecule has 1 atom stereocenters. The smallest absolute Gasteiger partial charge is 0.185 e. The molecule has 2 aliphatic rings. The highest BCUT2D eigenvalue weighted by atomic mass is 32.1. The van der Waals surface area contributed by atoms with Crippen molar-refractivity contribution in [2.75, 3.05) is 42.5 Å². The van der Waals surface area contributed by atoms with Gasteiger partial charge in [-0.05, 0) is 38.8 Å². The molecule has 0 bridgehead atoms. The predicted octanol–water partition coefficient (Wildman–Crippen LogP) is 3.76. The Labute approximate surface area is 155 Å². The minimum atomic E-state index is 0.562. The summed E-state index contributed by atoms with van der Waals surface area (Å²) in [4.78, 5) is 13.6. The maximum Gasteiger partial charge on any atom is 0.185 e. The van der Waals surface area contributed by atoms with E-state index in [2.05, 4.69) is 64.0 Å². The van der Waals surface area contributed by atoms with Gasteiger partial charge in [-0.15, -0.1) is 11.3 Å². The molecular weight excluding hydrogens is 328 g/mol. The topological polar surface area (TPSA) is 22.6 Å². The number of benzene rings is 1. The van der Waals surface area contributed by atoms with Crippen molar-refractivity contribution < 1.29 is 0 Å². The molecule has 0 unspecified atom stereocenters. The summed E-state index contributed by atoms with van der Waals surface area (Å²) in [6.07, 6.45) is 4.72. The maximum absolute atomic E-state index is 4.67. The van der Waals surface area contributed by atoms with Gasteiger partial charge in [-0.2, -0.15) is 0 Å². The average Bonchev–Trinajstić information content (AvgIpc) is 3.29. The standard InChI is InChI=1S/C20H28N4S/c1-16-5-7-18(8-6-16)24-12-11-23(17(2)14-24)15-19-13-21-20(25-19)22-9-3-4-10-22/h5-8,13,17H,3-4,9-12,14-15H2,1-2H3/t17-/m0/s1. The van der Waals surface area contributed by atoms with Crippen LogP contribution in [0.2, 0.25) is 0 Å². The summed E-state index contributed by atoms with van der Waals surface area (Å²) in [7, 11) is 0. The molecule has 25 heavy (non-hydrogen) atoms. The fourth-order valence-corrected chi connectivity index (χ4v) is 4.83. The van der Waals surface area contributed by atoms with Crippen LogP contribution >= 0.6 is 11.3 Å². The first kappa shape index (κ1) is 16.9. The van der Waals surface area contributed by atoms with E-state index in [1.807, 2.05) is 11.3 Å². The fraction of sp³-hybridized carbons (Fsp3) is 0.550. The molecule has 0 radical (unpaired) electrons. The number of anilines is 2. The number of hydrogen-bond acceptors (Lipinski definition) is 5. The molecule has 5 heteroatoms. The third-order valence-corrected chi connectivity index (χ3v) is 6.48. The number of hydrogen-bond donors (Lipinski definition) is 0. The molecule has 0 aliphatic carbocycles. The van der Waals surface area contributed by atoms with Gasteiger partial charge >= 0.3 is 0 Å². The Hall–Kier alpha value is -1.59. The largest absolute Gasteiger partial charge is 0.369 e. The molecule has 134 valence electrons. The SMILES string of the molecule is Cc1ccc(N2CCN(Cc3cnc(N4CCCC4)s3)[C@@H](C)C2)cc1. The van der Waals surface area contributed by atoms with Crippen molar-refractivity contribution in [1.29, 1.82) is 0 Å². The van der Waals surface area contributed by atoms with Crippen LogP contribution in [0.5, 0.6) is 0 Å². The van der Waals surface area contributed by atoms with Crippen LogP contribution < -0.4 is 9.80 Å². The molecule has 0 saturated carbocycles. The third-order valence-electron chi connectivity index (χ3n) is 5.44. The summed E-state index contributed by atoms with van der Waals surface area (Å²) >= 11 is 1.88. The van der Waals surface area contributed by atoms with Crippen LogP contribution in [-0.2, 0) is 6.54 Å². The van der Waals surface area contributed by atoms with Crippen LogP contribution in [-0.4, -0.2) is 48.6 Å². The molecule has 2 aromatic rings. The summed E-state index contributed by atoms with van der Waals surface area (Å²) in [6, 6.07) is 9.49. The lowest BCUT2D eigenvalue weighted by atomic mass is 10.1. The number of thiazole rings is 1. The van der Waals surface area contributed by atoms with Gasteiger partial charge in [0.25, 0.3) is 0 Å². The van der Waals surface area contributed by atoms with Crippen molar-refractivity contribution in [3.8, 4) is 0 Å². The molecule has 3 heterocycles. The lowest BCUT2D eigenvalue weighted by Gasteiger charge is -2.40. The Morgan fingerprint density at radius 1 is 1.04 bits per heavy atom. The van der Waals surface area contributed by atoms with E-state index in [1.165, 1.54) is 47.2 Å². The molecule has 0 amide bonds. The second-order valence-electron chi connectivity index (χ2n) is 7.40. The zero-order valence-corrected chi connectivity index (χ0v) is 16.1. The monoisotopic (exact) mass is 356 g/mol. The lowest BCUT2D eigenvalue weighted by molar-refractivity contribution is 0.182. The lowest BCUT2D eigenvalue weighted by Crippen LogP contribution is -2.51. The highest BCUT2D eigenvalue weighted by Gasteiger charge is 2.25. The number of nitrogens with zero attached hydrogens (tertiary/aromatic N) is 4. The van der Waals surface area contributed by atoms with E-state index < -0.39 is 0 Å². The van der Waals surface area contributed by atoms with E-state index >= 15 is 0 Å². The predicted molar refractivity (Wildman–Crippen MR) is 107 cm³/mol. The van der Waals surface area contributed by atoms with Gasteiger partial charge in [0, 0.05) is 62.1 Å². The molecule has 0 spiro atoms. The quantitative estimate of drug-likeness (QED) is 0.832. The van der Waals surface area contributed by atoms with Crippen molar-refractivity contribution in [2.24, 2.45) is 0 Å². The summed E-state index contributed by atoms with van der Waals surface area (Å²) in [6.45, 7) is 11.2. The first-order chi connectivity index (χ1) is 12.2. The number of piperazine rings is 1. The summed E-state index contributed by atoms with van der Waals surface area (Å²) in [5.41, 5.74) is 2.68. The van der Waals surface area contributed by atoms with Crippen molar-refractivity contribution in [1.82, 2.24) is 9.88 Å². The Bertz CT molecular complexity index is 690. The van der Waals surface area contributed by atoms with Gasteiger partial charge in [0.2, 0.25) is 0 Å². The molecular formula is C20H28N4S. The van der Waals surface area contributed by atoms with E-state index in [0.29, 0.717) is 6.04 Å². The molecule has 4 rings (SSSR count). The van der Waals surface area contributed by atoms with Crippen LogP contribution in [0, 0.1) is 6.92 Å². The van der Waals surface area contributed by atoms with E-state index in [-0.39, 0.29) is 0 Å². The van der Waals surface area contributed by atoms with Gasteiger partial charge in [0.05, 0.1) is 0 Å². The Kier molecular flexibility index (Phi) is 4.95. The molecule has 4 nitrogen and oxygen atoms in total. The van der Waals surface area contributed by atoms with Crippen molar-refractivity contribution in [2.45, 2.75) is 39.3 Å². The molecule has 2 saturated heterocycles. The minimum absolute atomic E-state index is 0.562. The van der Waals surface area contributed by atoms with E-state index in [4.69, 9.17) is 0 Å². The number of aromatic nitrogens is 1. The van der Waals surface area contributed by atoms with Crippen LogP contribution in [0.1, 0.15) is 30.2 Å². The minimum Gasteiger partial charge on any atom is -0.369 e. The second kappa shape index (κ2) is 7.34.